The van der Waals surface area contributed by atoms with E-state index >= 15 is 0 Å². The molecule has 0 aliphatic rings. The molecular formula is C22H22N2O2S. The number of hydrogen-bond donors (Lipinski definition) is 2. The summed E-state index contributed by atoms with van der Waals surface area (Å²) in [6.07, 6.45) is 0.969. The number of benzene rings is 2. The number of H-pyrrole nitrogens is 1. The molecule has 2 aromatic carbocycles. The highest BCUT2D eigenvalue weighted by Crippen LogP contribution is 2.39. The molecule has 5 heteroatoms. The van der Waals surface area contributed by atoms with Crippen molar-refractivity contribution in [2.45, 2.75) is 19.4 Å². The van der Waals surface area contributed by atoms with Gasteiger partial charge in [-0.15, -0.1) is 11.3 Å². The van der Waals surface area contributed by atoms with Crippen LogP contribution in [-0.4, -0.2) is 35.1 Å². The Bertz CT molecular complexity index is 1170. The molecule has 4 nitrogen and oxygen atoms in total. The van der Waals surface area contributed by atoms with Gasteiger partial charge in [0.2, 0.25) is 0 Å². The number of rotatable bonds is 4. The van der Waals surface area contributed by atoms with Gasteiger partial charge in [0.25, 0.3) is 5.56 Å². The molecule has 0 spiro atoms. The van der Waals surface area contributed by atoms with Crippen molar-refractivity contribution < 1.29 is 5.11 Å². The lowest BCUT2D eigenvalue weighted by molar-refractivity contribution is 0.312. The Kier molecular flexibility index (Phi) is 4.50. The Morgan fingerprint density at radius 2 is 1.85 bits per heavy atom. The zero-order valence-electron chi connectivity index (χ0n) is 15.6. The molecule has 1 unspecified atom stereocenters. The van der Waals surface area contributed by atoms with Crippen LogP contribution in [0.15, 0.2) is 52.6 Å². The lowest BCUT2D eigenvalue weighted by atomic mass is 9.95. The summed E-state index contributed by atoms with van der Waals surface area (Å²) in [6.45, 7) is 2.20. The maximum atomic E-state index is 12.3. The number of fused-ring (bicyclic) bond motifs is 3. The van der Waals surface area contributed by atoms with Crippen LogP contribution in [0.25, 0.3) is 32.1 Å². The van der Waals surface area contributed by atoms with E-state index in [4.69, 9.17) is 0 Å². The molecule has 0 amide bonds. The fourth-order valence-corrected chi connectivity index (χ4v) is 4.26. The summed E-state index contributed by atoms with van der Waals surface area (Å²) in [5.74, 6) is 0.219. The molecule has 2 aromatic heterocycles. The number of pyridine rings is 1. The normalized spacial score (nSPS) is 12.9. The molecular weight excluding hydrogens is 356 g/mol. The van der Waals surface area contributed by atoms with E-state index in [0.717, 1.165) is 33.8 Å². The van der Waals surface area contributed by atoms with Crippen LogP contribution < -0.4 is 5.56 Å². The molecule has 1 atom stereocenters. The number of nitrogens with one attached hydrogen (secondary N) is 1. The highest BCUT2D eigenvalue weighted by molar-refractivity contribution is 7.17. The predicted molar refractivity (Wildman–Crippen MR) is 114 cm³/mol. The van der Waals surface area contributed by atoms with Crippen LogP contribution in [0.4, 0.5) is 0 Å². The van der Waals surface area contributed by atoms with Gasteiger partial charge in [-0.2, -0.15) is 0 Å². The Morgan fingerprint density at radius 3 is 2.56 bits per heavy atom. The number of likely N-dealkylation sites (N-methyl/N-ethyl adjacent to an activating group) is 1. The third-order valence-electron chi connectivity index (χ3n) is 5.23. The first-order chi connectivity index (χ1) is 13.0. The van der Waals surface area contributed by atoms with Crippen molar-refractivity contribution in [1.82, 2.24) is 9.88 Å². The summed E-state index contributed by atoms with van der Waals surface area (Å²) in [6, 6.07) is 14.2. The topological polar surface area (TPSA) is 56.3 Å². The number of aromatic nitrogens is 1. The second-order valence-corrected chi connectivity index (χ2v) is 8.13. The van der Waals surface area contributed by atoms with Gasteiger partial charge in [-0.1, -0.05) is 24.3 Å². The van der Waals surface area contributed by atoms with Crippen LogP contribution in [0.2, 0.25) is 0 Å². The maximum absolute atomic E-state index is 12.3. The van der Waals surface area contributed by atoms with E-state index in [1.165, 1.54) is 16.9 Å². The summed E-state index contributed by atoms with van der Waals surface area (Å²) in [5.41, 5.74) is 3.62. The molecule has 0 aliphatic heterocycles. The van der Waals surface area contributed by atoms with E-state index in [0.29, 0.717) is 10.7 Å². The molecule has 0 saturated heterocycles. The number of nitrogens with zero attached hydrogens (tertiary/aromatic N) is 1. The van der Waals surface area contributed by atoms with Crippen LogP contribution in [0, 0.1) is 0 Å². The molecule has 0 radical (unpaired) electrons. The summed E-state index contributed by atoms with van der Waals surface area (Å²) in [5, 5.41) is 14.3. The molecule has 0 fully saturated rings. The van der Waals surface area contributed by atoms with Crippen LogP contribution in [0.5, 0.6) is 5.75 Å². The first kappa shape index (κ1) is 17.8. The molecule has 0 saturated carbocycles. The van der Waals surface area contributed by atoms with Gasteiger partial charge >= 0.3 is 0 Å². The largest absolute Gasteiger partial charge is 0.507 e. The fourth-order valence-electron chi connectivity index (χ4n) is 3.46. The standard InChI is InChI=1S/C22H22N2O2S/c1-13(24(2)3)12-14-4-6-15(7-5-14)19-18(25)9-8-17-20(19)16-10-11-27-21(16)22(26)23-17/h4-11,13,25H,12H2,1-3H3,(H,23,26). The van der Waals surface area contributed by atoms with Crippen molar-refractivity contribution in [3.05, 3.63) is 63.8 Å². The Morgan fingerprint density at radius 1 is 1.11 bits per heavy atom. The van der Waals surface area contributed by atoms with Crippen LogP contribution in [0.1, 0.15) is 12.5 Å². The quantitative estimate of drug-likeness (QED) is 0.545. The second kappa shape index (κ2) is 6.83. The van der Waals surface area contributed by atoms with E-state index in [9.17, 15) is 9.90 Å². The zero-order chi connectivity index (χ0) is 19.1. The predicted octanol–water partition coefficient (Wildman–Crippen LogP) is 4.61. The lowest BCUT2D eigenvalue weighted by Crippen LogP contribution is -2.26. The Balaban J connectivity index is 1.87. The number of phenolic OH excluding ortho intramolecular Hbond substituents is 1. The van der Waals surface area contributed by atoms with Gasteiger partial charge < -0.3 is 15.0 Å². The van der Waals surface area contributed by atoms with Crippen molar-refractivity contribution in [2.24, 2.45) is 0 Å². The number of hydrogen-bond acceptors (Lipinski definition) is 4. The number of thiophene rings is 1. The van der Waals surface area contributed by atoms with E-state index in [1.807, 2.05) is 11.4 Å². The zero-order valence-corrected chi connectivity index (χ0v) is 16.4. The van der Waals surface area contributed by atoms with Crippen molar-refractivity contribution >= 4 is 32.3 Å². The van der Waals surface area contributed by atoms with Gasteiger partial charge in [-0.25, -0.2) is 0 Å². The minimum atomic E-state index is -0.0860. The second-order valence-electron chi connectivity index (χ2n) is 7.21. The molecule has 4 aromatic rings. The average molecular weight is 378 g/mol. The van der Waals surface area contributed by atoms with Crippen LogP contribution in [-0.2, 0) is 6.42 Å². The van der Waals surface area contributed by atoms with Crippen LogP contribution in [0.3, 0.4) is 0 Å². The lowest BCUT2D eigenvalue weighted by Gasteiger charge is -2.19. The van der Waals surface area contributed by atoms with Gasteiger partial charge in [0.1, 0.15) is 10.4 Å². The van der Waals surface area contributed by atoms with E-state index in [-0.39, 0.29) is 11.3 Å². The van der Waals surface area contributed by atoms with Crippen molar-refractivity contribution in [2.75, 3.05) is 14.1 Å². The number of aromatic hydroxyl groups is 1. The first-order valence-corrected chi connectivity index (χ1v) is 9.84. The SMILES string of the molecule is CC(Cc1ccc(-c2c(O)ccc3[nH]c(=O)c4sccc4c23)cc1)N(C)C. The van der Waals surface area contributed by atoms with Gasteiger partial charge in [0, 0.05) is 27.9 Å². The van der Waals surface area contributed by atoms with Crippen molar-refractivity contribution in [3.63, 3.8) is 0 Å². The van der Waals surface area contributed by atoms with Gasteiger partial charge in [0.05, 0.1) is 0 Å². The molecule has 4 rings (SSSR count). The van der Waals surface area contributed by atoms with Gasteiger partial charge in [-0.05, 0) is 62.1 Å². The monoisotopic (exact) mass is 378 g/mol. The fraction of sp³-hybridized carbons (Fsp3) is 0.227. The summed E-state index contributed by atoms with van der Waals surface area (Å²) < 4.78 is 0.686. The Hall–Kier alpha value is -2.63. The highest BCUT2D eigenvalue weighted by atomic mass is 32.1. The molecule has 0 bridgehead atoms. The van der Waals surface area contributed by atoms with Gasteiger partial charge in [-0.3, -0.25) is 4.79 Å². The summed E-state index contributed by atoms with van der Waals surface area (Å²) in [4.78, 5) is 17.4. The van der Waals surface area contributed by atoms with Crippen molar-refractivity contribution in [3.8, 4) is 16.9 Å². The summed E-state index contributed by atoms with van der Waals surface area (Å²) >= 11 is 1.42. The molecule has 2 N–H and O–H groups in total. The van der Waals surface area contributed by atoms with Crippen LogP contribution >= 0.6 is 11.3 Å². The summed E-state index contributed by atoms with van der Waals surface area (Å²) in [7, 11) is 4.17. The molecule has 138 valence electrons. The maximum Gasteiger partial charge on any atom is 0.266 e. The van der Waals surface area contributed by atoms with E-state index in [1.54, 1.807) is 12.1 Å². The molecule has 0 aliphatic carbocycles. The first-order valence-electron chi connectivity index (χ1n) is 8.96. The van der Waals surface area contributed by atoms with Gasteiger partial charge in [0.15, 0.2) is 0 Å². The average Bonchev–Trinajstić information content (AvgIpc) is 3.13. The highest BCUT2D eigenvalue weighted by Gasteiger charge is 2.15. The minimum absolute atomic E-state index is 0.0860. The third kappa shape index (κ3) is 3.13. The smallest absolute Gasteiger partial charge is 0.266 e. The molecule has 27 heavy (non-hydrogen) atoms. The van der Waals surface area contributed by atoms with E-state index < -0.39 is 0 Å². The van der Waals surface area contributed by atoms with E-state index in [2.05, 4.69) is 55.2 Å². The minimum Gasteiger partial charge on any atom is -0.507 e. The number of phenols is 1. The Labute approximate surface area is 161 Å². The molecule has 2 heterocycles. The number of aromatic amines is 1. The third-order valence-corrected chi connectivity index (χ3v) is 6.14. The van der Waals surface area contributed by atoms with Crippen molar-refractivity contribution in [1.29, 1.82) is 0 Å².